The number of hydrogen-bond donors (Lipinski definition) is 1. The number of aliphatic carboxylic acids is 1. The van der Waals surface area contributed by atoms with Gasteiger partial charge in [-0.2, -0.15) is 0 Å². The molecule has 0 aromatic rings. The second-order valence-corrected chi connectivity index (χ2v) is 4.68. The van der Waals surface area contributed by atoms with E-state index in [1.54, 1.807) is 6.08 Å². The van der Waals surface area contributed by atoms with Crippen LogP contribution in [0.3, 0.4) is 0 Å². The molecule has 1 N–H and O–H groups in total. The first-order valence-electron chi connectivity index (χ1n) is 4.42. The maximum absolute atomic E-state index is 10.7. The molecule has 0 heterocycles. The minimum Gasteiger partial charge on any atom is -0.478 e. The number of rotatable bonds is 1. The van der Waals surface area contributed by atoms with E-state index >= 15 is 0 Å². The largest absolute Gasteiger partial charge is 0.478 e. The highest BCUT2D eigenvalue weighted by Gasteiger charge is 2.36. The summed E-state index contributed by atoms with van der Waals surface area (Å²) in [5.74, 6) is -0.847. The van der Waals surface area contributed by atoms with Crippen LogP contribution >= 0.6 is 0 Å². The summed E-state index contributed by atoms with van der Waals surface area (Å²) in [6.45, 7) is 8.33. The molecule has 0 saturated heterocycles. The van der Waals surface area contributed by atoms with Crippen LogP contribution in [-0.2, 0) is 4.79 Å². The van der Waals surface area contributed by atoms with Gasteiger partial charge in [-0.15, -0.1) is 0 Å². The van der Waals surface area contributed by atoms with Gasteiger partial charge in [-0.1, -0.05) is 45.9 Å². The molecule has 0 aromatic carbocycles. The highest BCUT2D eigenvalue weighted by Crippen LogP contribution is 2.44. The van der Waals surface area contributed by atoms with E-state index in [9.17, 15) is 4.79 Å². The Bertz CT molecular complexity index is 293. The van der Waals surface area contributed by atoms with E-state index in [0.717, 1.165) is 0 Å². The van der Waals surface area contributed by atoms with Gasteiger partial charge in [-0.25, -0.2) is 4.79 Å². The third kappa shape index (κ3) is 1.67. The van der Waals surface area contributed by atoms with Gasteiger partial charge in [0.25, 0.3) is 0 Å². The third-order valence-corrected chi connectivity index (χ3v) is 3.10. The minimum atomic E-state index is -0.847. The average molecular weight is 180 g/mol. The van der Waals surface area contributed by atoms with E-state index in [4.69, 9.17) is 5.11 Å². The highest BCUT2D eigenvalue weighted by atomic mass is 16.4. The summed E-state index contributed by atoms with van der Waals surface area (Å²) in [7, 11) is 0. The quantitative estimate of drug-likeness (QED) is 0.673. The second-order valence-electron chi connectivity index (χ2n) is 4.68. The molecule has 2 heteroatoms. The fourth-order valence-electron chi connectivity index (χ4n) is 1.27. The Labute approximate surface area is 79.0 Å². The summed E-state index contributed by atoms with van der Waals surface area (Å²) in [5.41, 5.74) is 0.311. The predicted molar refractivity (Wildman–Crippen MR) is 52.4 cm³/mol. The van der Waals surface area contributed by atoms with Gasteiger partial charge in [0.1, 0.15) is 0 Å². The van der Waals surface area contributed by atoms with Crippen LogP contribution in [0.15, 0.2) is 23.8 Å². The minimum absolute atomic E-state index is 0.0198. The Balaban J connectivity index is 3.09. The molecule has 1 rings (SSSR count). The number of carboxylic acid groups (broad SMARTS) is 1. The molecule has 0 saturated carbocycles. The SMILES string of the molecule is CC1(C)C=CC(C(=O)O)=CC1(C)C. The lowest BCUT2D eigenvalue weighted by Crippen LogP contribution is -2.31. The Morgan fingerprint density at radius 2 is 1.77 bits per heavy atom. The topological polar surface area (TPSA) is 37.3 Å². The van der Waals surface area contributed by atoms with Crippen LogP contribution in [0.1, 0.15) is 27.7 Å². The van der Waals surface area contributed by atoms with Crippen LogP contribution in [-0.4, -0.2) is 11.1 Å². The van der Waals surface area contributed by atoms with Crippen LogP contribution in [0.4, 0.5) is 0 Å². The molecule has 0 fully saturated rings. The second kappa shape index (κ2) is 2.72. The maximum Gasteiger partial charge on any atom is 0.335 e. The average Bonchev–Trinajstić information content (AvgIpc) is 1.94. The maximum atomic E-state index is 10.7. The first kappa shape index (κ1) is 10.0. The fraction of sp³-hybridized carbons (Fsp3) is 0.545. The van der Waals surface area contributed by atoms with Gasteiger partial charge >= 0.3 is 5.97 Å². The first-order valence-corrected chi connectivity index (χ1v) is 4.42. The van der Waals surface area contributed by atoms with E-state index < -0.39 is 5.97 Å². The highest BCUT2D eigenvalue weighted by molar-refractivity contribution is 5.90. The fourth-order valence-corrected chi connectivity index (χ4v) is 1.27. The van der Waals surface area contributed by atoms with E-state index in [-0.39, 0.29) is 10.8 Å². The molecule has 13 heavy (non-hydrogen) atoms. The molecule has 0 amide bonds. The van der Waals surface area contributed by atoms with Crippen molar-refractivity contribution in [1.82, 2.24) is 0 Å². The molecule has 2 nitrogen and oxygen atoms in total. The molecule has 0 unspecified atom stereocenters. The van der Waals surface area contributed by atoms with Crippen molar-refractivity contribution in [2.45, 2.75) is 27.7 Å². The van der Waals surface area contributed by atoms with Gasteiger partial charge < -0.3 is 5.11 Å². The van der Waals surface area contributed by atoms with Crippen molar-refractivity contribution in [2.24, 2.45) is 10.8 Å². The van der Waals surface area contributed by atoms with Crippen molar-refractivity contribution in [3.8, 4) is 0 Å². The van der Waals surface area contributed by atoms with Gasteiger partial charge in [0.05, 0.1) is 5.57 Å². The third-order valence-electron chi connectivity index (χ3n) is 3.10. The molecule has 0 aliphatic heterocycles. The van der Waals surface area contributed by atoms with Gasteiger partial charge in [0.2, 0.25) is 0 Å². The van der Waals surface area contributed by atoms with Crippen LogP contribution < -0.4 is 0 Å². The number of allylic oxidation sites excluding steroid dienone is 2. The summed E-state index contributed by atoms with van der Waals surface area (Å²) in [5, 5.41) is 8.82. The molecule has 1 aliphatic carbocycles. The summed E-state index contributed by atoms with van der Waals surface area (Å²) in [6, 6.07) is 0. The standard InChI is InChI=1S/C11H16O2/c1-10(2)6-5-8(9(12)13)7-11(10,3)4/h5-7H,1-4H3,(H,12,13). The molecule has 0 aromatic heterocycles. The molecular weight excluding hydrogens is 164 g/mol. The van der Waals surface area contributed by atoms with Gasteiger partial charge in [-0.05, 0) is 10.8 Å². The van der Waals surface area contributed by atoms with E-state index in [1.165, 1.54) is 0 Å². The van der Waals surface area contributed by atoms with E-state index in [2.05, 4.69) is 27.7 Å². The van der Waals surface area contributed by atoms with Crippen molar-refractivity contribution in [1.29, 1.82) is 0 Å². The Kier molecular flexibility index (Phi) is 2.10. The molecule has 72 valence electrons. The molecule has 0 atom stereocenters. The van der Waals surface area contributed by atoms with Gasteiger partial charge in [0, 0.05) is 0 Å². The van der Waals surface area contributed by atoms with Crippen LogP contribution in [0, 0.1) is 10.8 Å². The summed E-state index contributed by atoms with van der Waals surface area (Å²) >= 11 is 0. The zero-order chi connectivity index (χ0) is 10.3. The summed E-state index contributed by atoms with van der Waals surface area (Å²) in [4.78, 5) is 10.7. The normalized spacial score (nSPS) is 23.8. The van der Waals surface area contributed by atoms with Gasteiger partial charge in [-0.3, -0.25) is 0 Å². The van der Waals surface area contributed by atoms with E-state index in [0.29, 0.717) is 5.57 Å². The molecule has 0 bridgehead atoms. The Morgan fingerprint density at radius 3 is 2.15 bits per heavy atom. The van der Waals surface area contributed by atoms with Crippen LogP contribution in [0.5, 0.6) is 0 Å². The first-order chi connectivity index (χ1) is 5.76. The van der Waals surface area contributed by atoms with Crippen molar-refractivity contribution in [2.75, 3.05) is 0 Å². The molecule has 0 spiro atoms. The van der Waals surface area contributed by atoms with Crippen LogP contribution in [0.2, 0.25) is 0 Å². The lowest BCUT2D eigenvalue weighted by molar-refractivity contribution is -0.132. The molecular formula is C11H16O2. The van der Waals surface area contributed by atoms with Crippen LogP contribution in [0.25, 0.3) is 0 Å². The zero-order valence-corrected chi connectivity index (χ0v) is 8.59. The number of hydrogen-bond acceptors (Lipinski definition) is 1. The number of carbonyl (C=O) groups is 1. The summed E-state index contributed by atoms with van der Waals surface area (Å²) in [6.07, 6.45) is 5.49. The van der Waals surface area contributed by atoms with Crippen molar-refractivity contribution in [3.63, 3.8) is 0 Å². The lowest BCUT2D eigenvalue weighted by Gasteiger charge is -2.39. The molecule has 0 radical (unpaired) electrons. The smallest absolute Gasteiger partial charge is 0.335 e. The van der Waals surface area contributed by atoms with E-state index in [1.807, 2.05) is 12.2 Å². The number of carboxylic acids is 1. The predicted octanol–water partition coefficient (Wildman–Crippen LogP) is 2.62. The Hall–Kier alpha value is -1.05. The monoisotopic (exact) mass is 180 g/mol. The molecule has 1 aliphatic rings. The van der Waals surface area contributed by atoms with Crippen molar-refractivity contribution >= 4 is 5.97 Å². The Morgan fingerprint density at radius 1 is 1.23 bits per heavy atom. The zero-order valence-electron chi connectivity index (χ0n) is 8.59. The van der Waals surface area contributed by atoms with Crippen molar-refractivity contribution < 1.29 is 9.90 Å². The lowest BCUT2D eigenvalue weighted by atomic mass is 9.65. The van der Waals surface area contributed by atoms with Crippen molar-refractivity contribution in [3.05, 3.63) is 23.8 Å². The van der Waals surface area contributed by atoms with Gasteiger partial charge in [0.15, 0.2) is 0 Å². The summed E-state index contributed by atoms with van der Waals surface area (Å²) < 4.78 is 0.